The second kappa shape index (κ2) is 9.90. The average molecular weight is 478 g/mol. The fraction of sp³-hybridized carbons (Fsp3) is 0.0800. The van der Waals surface area contributed by atoms with Crippen LogP contribution in [0.5, 0.6) is 0 Å². The van der Waals surface area contributed by atoms with Crippen LogP contribution < -0.4 is 10.2 Å². The maximum Gasteiger partial charge on any atom is 0.269 e. The molecule has 2 amide bonds. The molecule has 1 fully saturated rings. The number of carbonyl (C=O) groups is 2. The Balaban J connectivity index is 1.74. The Hall–Kier alpha value is -3.60. The Morgan fingerprint density at radius 1 is 1.06 bits per heavy atom. The van der Waals surface area contributed by atoms with E-state index in [2.05, 4.69) is 5.32 Å². The lowest BCUT2D eigenvalue weighted by Gasteiger charge is -2.18. The number of hydrogen-bond acceptors (Lipinski definition) is 4. The topological polar surface area (TPSA) is 73.2 Å². The van der Waals surface area contributed by atoms with E-state index in [1.54, 1.807) is 48.5 Å². The van der Waals surface area contributed by atoms with Crippen molar-refractivity contribution in [1.82, 2.24) is 0 Å². The third kappa shape index (κ3) is 4.77. The Bertz CT molecular complexity index is 1290. The van der Waals surface area contributed by atoms with Gasteiger partial charge in [-0.1, -0.05) is 71.9 Å². The normalized spacial score (nSPS) is 16.9. The van der Waals surface area contributed by atoms with E-state index in [0.717, 1.165) is 17.3 Å². The number of carbonyl (C=O) groups excluding carboxylic acids is 2. The molecule has 1 heterocycles. The van der Waals surface area contributed by atoms with Crippen molar-refractivity contribution in [1.29, 1.82) is 5.26 Å². The second-order valence-electron chi connectivity index (χ2n) is 7.14. The van der Waals surface area contributed by atoms with Crippen LogP contribution in [0.2, 0.25) is 5.02 Å². The number of hydrogen-bond donors (Lipinski definition) is 1. The van der Waals surface area contributed by atoms with E-state index in [1.165, 1.54) is 23.1 Å². The van der Waals surface area contributed by atoms with Crippen LogP contribution in [0.25, 0.3) is 0 Å². The molecular weight excluding hydrogens is 461 g/mol. The van der Waals surface area contributed by atoms with Crippen molar-refractivity contribution in [3.05, 3.63) is 106 Å². The molecular formula is C25H17ClFN3O2S. The van der Waals surface area contributed by atoms with Crippen LogP contribution >= 0.6 is 23.4 Å². The summed E-state index contributed by atoms with van der Waals surface area (Å²) in [6.07, 6.45) is 0.323. The molecule has 0 radical (unpaired) electrons. The summed E-state index contributed by atoms with van der Waals surface area (Å²) in [5.41, 5.74) is 0.984. The summed E-state index contributed by atoms with van der Waals surface area (Å²) in [6, 6.07) is 23.6. The summed E-state index contributed by atoms with van der Waals surface area (Å²) in [6.45, 7) is 0. The van der Waals surface area contributed by atoms with Crippen LogP contribution in [0, 0.1) is 17.1 Å². The number of benzene rings is 3. The van der Waals surface area contributed by atoms with Gasteiger partial charge in [-0.25, -0.2) is 4.39 Å². The Labute approximate surface area is 199 Å². The van der Waals surface area contributed by atoms with Crippen LogP contribution in [-0.2, 0) is 16.0 Å². The third-order valence-corrected chi connectivity index (χ3v) is 6.64. The van der Waals surface area contributed by atoms with Gasteiger partial charge in [0.25, 0.3) is 5.91 Å². The van der Waals surface area contributed by atoms with Crippen LogP contribution in [0.1, 0.15) is 5.56 Å². The van der Waals surface area contributed by atoms with E-state index < -0.39 is 17.0 Å². The molecule has 3 aromatic carbocycles. The molecule has 0 aromatic heterocycles. The molecule has 33 heavy (non-hydrogen) atoms. The van der Waals surface area contributed by atoms with E-state index in [0.29, 0.717) is 17.1 Å². The number of amides is 2. The zero-order chi connectivity index (χ0) is 23.4. The number of halogens is 2. The number of nitriles is 1. The lowest BCUT2D eigenvalue weighted by molar-refractivity contribution is -0.117. The molecule has 1 atom stereocenters. The monoisotopic (exact) mass is 477 g/mol. The Morgan fingerprint density at radius 3 is 2.42 bits per heavy atom. The highest BCUT2D eigenvalue weighted by molar-refractivity contribution is 8.05. The van der Waals surface area contributed by atoms with E-state index in [9.17, 15) is 19.2 Å². The molecule has 0 spiro atoms. The first-order valence-electron chi connectivity index (χ1n) is 9.99. The number of nitrogens with zero attached hydrogens (tertiary/aromatic N) is 2. The van der Waals surface area contributed by atoms with Crippen LogP contribution in [0.4, 0.5) is 15.8 Å². The molecule has 1 aliphatic heterocycles. The van der Waals surface area contributed by atoms with E-state index in [4.69, 9.17) is 11.6 Å². The van der Waals surface area contributed by atoms with Crippen molar-refractivity contribution in [2.24, 2.45) is 0 Å². The SMILES string of the molecule is N#C/C(C(=O)Nc1ccccc1F)=C1/S[C@H](Cc2ccccc2Cl)C(=O)N1c1ccccc1. The minimum Gasteiger partial charge on any atom is -0.319 e. The first-order valence-corrected chi connectivity index (χ1v) is 11.2. The van der Waals surface area contributed by atoms with Crippen LogP contribution in [0.3, 0.4) is 0 Å². The van der Waals surface area contributed by atoms with Crippen molar-refractivity contribution < 1.29 is 14.0 Å². The maximum absolute atomic E-state index is 14.0. The highest BCUT2D eigenvalue weighted by Gasteiger charge is 2.41. The number of thioether (sulfide) groups is 1. The molecule has 0 unspecified atom stereocenters. The van der Waals surface area contributed by atoms with Crippen molar-refractivity contribution in [3.8, 4) is 6.07 Å². The molecule has 0 bridgehead atoms. The predicted molar refractivity (Wildman–Crippen MR) is 128 cm³/mol. The van der Waals surface area contributed by atoms with E-state index >= 15 is 0 Å². The fourth-order valence-corrected chi connectivity index (χ4v) is 4.92. The van der Waals surface area contributed by atoms with Gasteiger partial charge in [0.15, 0.2) is 0 Å². The Kier molecular flexibility index (Phi) is 6.78. The van der Waals surface area contributed by atoms with Crippen molar-refractivity contribution in [2.75, 3.05) is 10.2 Å². The highest BCUT2D eigenvalue weighted by atomic mass is 35.5. The number of para-hydroxylation sites is 2. The zero-order valence-electron chi connectivity index (χ0n) is 17.2. The van der Waals surface area contributed by atoms with E-state index in [1.807, 2.05) is 18.2 Å². The van der Waals surface area contributed by atoms with Crippen molar-refractivity contribution in [2.45, 2.75) is 11.7 Å². The minimum absolute atomic E-state index is 0.0518. The van der Waals surface area contributed by atoms with Gasteiger partial charge in [0.1, 0.15) is 22.5 Å². The van der Waals surface area contributed by atoms with Crippen molar-refractivity contribution in [3.63, 3.8) is 0 Å². The summed E-state index contributed by atoms with van der Waals surface area (Å²) >= 11 is 7.41. The summed E-state index contributed by atoms with van der Waals surface area (Å²) < 4.78 is 14.0. The number of nitrogens with one attached hydrogen (secondary N) is 1. The summed E-state index contributed by atoms with van der Waals surface area (Å²) in [4.78, 5) is 27.7. The predicted octanol–water partition coefficient (Wildman–Crippen LogP) is 5.54. The molecule has 3 aromatic rings. The van der Waals surface area contributed by atoms with Gasteiger partial charge in [0.2, 0.25) is 5.91 Å². The van der Waals surface area contributed by atoms with Gasteiger partial charge in [-0.3, -0.25) is 14.5 Å². The second-order valence-corrected chi connectivity index (χ2v) is 8.74. The largest absolute Gasteiger partial charge is 0.319 e. The van der Waals surface area contributed by atoms with E-state index in [-0.39, 0.29) is 22.2 Å². The first-order chi connectivity index (χ1) is 16.0. The van der Waals surface area contributed by atoms with Gasteiger partial charge < -0.3 is 5.32 Å². The molecule has 0 aliphatic carbocycles. The lowest BCUT2D eigenvalue weighted by Crippen LogP contribution is -2.31. The van der Waals surface area contributed by atoms with Gasteiger partial charge in [-0.05, 0) is 42.3 Å². The molecule has 1 aliphatic rings. The van der Waals surface area contributed by atoms with Gasteiger partial charge in [-0.15, -0.1) is 0 Å². The van der Waals surface area contributed by atoms with Crippen molar-refractivity contribution >= 4 is 46.6 Å². The molecule has 164 valence electrons. The molecule has 8 heteroatoms. The third-order valence-electron chi connectivity index (χ3n) is 5.01. The number of anilines is 2. The smallest absolute Gasteiger partial charge is 0.269 e. The highest BCUT2D eigenvalue weighted by Crippen LogP contribution is 2.42. The Morgan fingerprint density at radius 2 is 1.73 bits per heavy atom. The van der Waals surface area contributed by atoms with Gasteiger partial charge >= 0.3 is 0 Å². The van der Waals surface area contributed by atoms with Gasteiger partial charge in [0.05, 0.1) is 10.9 Å². The minimum atomic E-state index is -0.794. The molecule has 5 nitrogen and oxygen atoms in total. The maximum atomic E-state index is 14.0. The van der Waals surface area contributed by atoms with Crippen LogP contribution in [0.15, 0.2) is 89.5 Å². The lowest BCUT2D eigenvalue weighted by atomic mass is 10.1. The molecule has 1 saturated heterocycles. The summed E-state index contributed by atoms with van der Waals surface area (Å²) in [5.74, 6) is -1.69. The first kappa shape index (κ1) is 22.6. The fourth-order valence-electron chi connectivity index (χ4n) is 3.41. The summed E-state index contributed by atoms with van der Waals surface area (Å²) in [7, 11) is 0. The quantitative estimate of drug-likeness (QED) is 0.386. The van der Waals surface area contributed by atoms with Gasteiger partial charge in [-0.2, -0.15) is 5.26 Å². The summed E-state index contributed by atoms with van der Waals surface area (Å²) in [5, 5.41) is 12.4. The molecule has 0 saturated carbocycles. The number of rotatable bonds is 5. The standard InChI is InChI=1S/C25H17ClFN3O2S/c26-19-11-5-4-8-16(19)14-22-24(32)30(17-9-2-1-3-10-17)25(33-22)18(15-28)23(31)29-21-13-7-6-12-20(21)27/h1-13,22H,14H2,(H,29,31)/b25-18-/t22-/m1/s1. The van der Waals surface area contributed by atoms with Crippen LogP contribution in [-0.4, -0.2) is 17.1 Å². The molecule has 1 N–H and O–H groups in total. The molecule has 4 rings (SSSR count). The van der Waals surface area contributed by atoms with Gasteiger partial charge in [0, 0.05) is 10.7 Å². The zero-order valence-corrected chi connectivity index (χ0v) is 18.7. The average Bonchev–Trinajstić information content (AvgIpc) is 3.13.